The van der Waals surface area contributed by atoms with Gasteiger partial charge in [0.25, 0.3) is 5.91 Å². The molecule has 2 N–H and O–H groups in total. The molecule has 0 radical (unpaired) electrons. The van der Waals surface area contributed by atoms with Crippen LogP contribution in [0.3, 0.4) is 0 Å². The number of rotatable bonds is 2. The van der Waals surface area contributed by atoms with Crippen LogP contribution in [0.15, 0.2) is 16.5 Å². The second kappa shape index (κ2) is 2.62. The third kappa shape index (κ3) is 1.22. The van der Waals surface area contributed by atoms with E-state index < -0.39 is 5.91 Å². The molecule has 0 bridgehead atoms. The summed E-state index contributed by atoms with van der Waals surface area (Å²) in [6.45, 7) is 0. The first-order valence-corrected chi connectivity index (χ1v) is 3.06. The van der Waals surface area contributed by atoms with Crippen LogP contribution in [0.1, 0.15) is 16.3 Å². The van der Waals surface area contributed by atoms with E-state index in [4.69, 9.17) is 10.2 Å². The highest BCUT2D eigenvalue weighted by atomic mass is 32.1. The Labute approximate surface area is 62.8 Å². The number of hydrogen-bond donors (Lipinski definition) is 1. The molecule has 0 aliphatic carbocycles. The van der Waals surface area contributed by atoms with E-state index in [0.717, 1.165) is 0 Å². The van der Waals surface area contributed by atoms with Crippen LogP contribution in [-0.4, -0.2) is 11.3 Å². The van der Waals surface area contributed by atoms with E-state index in [-0.39, 0.29) is 5.76 Å². The van der Waals surface area contributed by atoms with Crippen molar-refractivity contribution >= 4 is 23.5 Å². The summed E-state index contributed by atoms with van der Waals surface area (Å²) in [5.41, 5.74) is 4.90. The summed E-state index contributed by atoms with van der Waals surface area (Å²) in [5, 5.41) is 1.34. The fraction of sp³-hybridized carbons (Fsp3) is 0. The van der Waals surface area contributed by atoms with E-state index in [1.165, 1.54) is 11.4 Å². The number of carbonyl (C=O) groups is 1. The lowest BCUT2D eigenvalue weighted by molar-refractivity contribution is 0.0973. The molecule has 1 aromatic rings. The largest absolute Gasteiger partial charge is 0.451 e. The summed E-state index contributed by atoms with van der Waals surface area (Å²) < 4.78 is 4.86. The Bertz CT molecular complexity index is 266. The van der Waals surface area contributed by atoms with Crippen molar-refractivity contribution in [3.05, 3.63) is 23.7 Å². The molecule has 1 amide bonds. The Morgan fingerprint density at radius 2 is 2.40 bits per heavy atom. The Morgan fingerprint density at radius 3 is 2.70 bits per heavy atom. The maximum Gasteiger partial charge on any atom is 0.284 e. The maximum atomic E-state index is 10.4. The number of carbonyl (C=O) groups excluding carboxylic acids is 1. The first-order chi connectivity index (χ1) is 4.74. The van der Waals surface area contributed by atoms with Gasteiger partial charge in [-0.2, -0.15) is 0 Å². The molecular weight excluding hydrogens is 150 g/mol. The zero-order valence-corrected chi connectivity index (χ0v) is 5.85. The highest BCUT2D eigenvalue weighted by Crippen LogP contribution is 2.03. The second-order valence-electron chi connectivity index (χ2n) is 1.68. The van der Waals surface area contributed by atoms with Gasteiger partial charge in [-0.1, -0.05) is 12.2 Å². The van der Waals surface area contributed by atoms with Crippen molar-refractivity contribution in [2.24, 2.45) is 5.73 Å². The molecule has 1 aromatic heterocycles. The van der Waals surface area contributed by atoms with E-state index in [0.29, 0.717) is 5.76 Å². The molecule has 0 aromatic carbocycles. The van der Waals surface area contributed by atoms with Crippen LogP contribution in [0, 0.1) is 0 Å². The molecule has 0 fully saturated rings. The van der Waals surface area contributed by atoms with E-state index >= 15 is 0 Å². The lowest BCUT2D eigenvalue weighted by atomic mass is 10.4. The van der Waals surface area contributed by atoms with Crippen molar-refractivity contribution < 1.29 is 9.21 Å². The normalized spacial score (nSPS) is 9.20. The minimum absolute atomic E-state index is 0.135. The van der Waals surface area contributed by atoms with Crippen molar-refractivity contribution in [3.63, 3.8) is 0 Å². The molecule has 4 heteroatoms. The predicted molar refractivity (Wildman–Crippen MR) is 40.0 cm³/mol. The lowest BCUT2D eigenvalue weighted by Crippen LogP contribution is -2.09. The Kier molecular flexibility index (Phi) is 1.82. The monoisotopic (exact) mass is 155 g/mol. The Hall–Kier alpha value is -1.16. The summed E-state index contributed by atoms with van der Waals surface area (Å²) in [5.74, 6) is 0.0306. The minimum atomic E-state index is -0.580. The summed E-state index contributed by atoms with van der Waals surface area (Å²) in [6, 6.07) is 3.08. The van der Waals surface area contributed by atoms with Gasteiger partial charge in [0.05, 0.1) is 0 Å². The number of thiocarbonyl (C=S) groups is 1. The molecular formula is C6H5NO2S. The molecule has 0 aliphatic heterocycles. The number of hydrogen-bond acceptors (Lipinski definition) is 3. The van der Waals surface area contributed by atoms with Crippen LogP contribution >= 0.6 is 12.2 Å². The third-order valence-electron chi connectivity index (χ3n) is 0.986. The van der Waals surface area contributed by atoms with Crippen LogP contribution in [0.2, 0.25) is 0 Å². The molecule has 3 nitrogen and oxygen atoms in total. The van der Waals surface area contributed by atoms with Crippen LogP contribution in [0.5, 0.6) is 0 Å². The van der Waals surface area contributed by atoms with Crippen molar-refractivity contribution in [1.29, 1.82) is 0 Å². The third-order valence-corrected chi connectivity index (χ3v) is 1.22. The van der Waals surface area contributed by atoms with Crippen molar-refractivity contribution in [1.82, 2.24) is 0 Å². The first kappa shape index (κ1) is 6.95. The van der Waals surface area contributed by atoms with Crippen molar-refractivity contribution in [2.45, 2.75) is 0 Å². The average molecular weight is 155 g/mol. The number of furan rings is 1. The molecule has 0 saturated heterocycles. The smallest absolute Gasteiger partial charge is 0.284 e. The van der Waals surface area contributed by atoms with E-state index in [9.17, 15) is 4.79 Å². The molecule has 52 valence electrons. The molecule has 0 atom stereocenters. The van der Waals surface area contributed by atoms with Gasteiger partial charge in [0.15, 0.2) is 5.76 Å². The van der Waals surface area contributed by atoms with Crippen molar-refractivity contribution in [3.8, 4) is 0 Å². The number of primary amides is 1. The van der Waals surface area contributed by atoms with E-state index in [2.05, 4.69) is 12.2 Å². The maximum absolute atomic E-state index is 10.4. The number of nitrogens with two attached hydrogens (primary N) is 1. The predicted octanol–water partition coefficient (Wildman–Crippen LogP) is 0.726. The molecule has 0 saturated carbocycles. The van der Waals surface area contributed by atoms with Gasteiger partial charge in [0, 0.05) is 5.37 Å². The standard InChI is InChI=1S/C6H5NO2S/c7-6(8)5-2-1-4(3-10)9-5/h1-3H,(H2,7,8). The van der Waals surface area contributed by atoms with Gasteiger partial charge in [-0.25, -0.2) is 0 Å². The molecule has 10 heavy (non-hydrogen) atoms. The van der Waals surface area contributed by atoms with E-state index in [1.54, 1.807) is 6.07 Å². The summed E-state index contributed by atoms with van der Waals surface area (Å²) in [6.07, 6.45) is 0. The highest BCUT2D eigenvalue weighted by Gasteiger charge is 2.03. The zero-order chi connectivity index (χ0) is 7.56. The fourth-order valence-electron chi connectivity index (χ4n) is 0.549. The second-order valence-corrected chi connectivity index (χ2v) is 1.92. The first-order valence-electron chi connectivity index (χ1n) is 2.59. The van der Waals surface area contributed by atoms with Gasteiger partial charge >= 0.3 is 0 Å². The topological polar surface area (TPSA) is 56.2 Å². The lowest BCUT2D eigenvalue weighted by Gasteiger charge is -1.83. The van der Waals surface area contributed by atoms with Gasteiger partial charge in [-0.3, -0.25) is 4.79 Å². The molecule has 1 rings (SSSR count). The minimum Gasteiger partial charge on any atom is -0.451 e. The number of amides is 1. The fourth-order valence-corrected chi connectivity index (χ4v) is 0.675. The molecule has 1 heterocycles. The average Bonchev–Trinajstić information content (AvgIpc) is 2.34. The van der Waals surface area contributed by atoms with Crippen LogP contribution < -0.4 is 5.73 Å². The van der Waals surface area contributed by atoms with E-state index in [1.807, 2.05) is 0 Å². The molecule has 0 unspecified atom stereocenters. The molecule has 0 aliphatic rings. The van der Waals surface area contributed by atoms with Gasteiger partial charge in [-0.05, 0) is 12.1 Å². The van der Waals surface area contributed by atoms with Gasteiger partial charge in [0.2, 0.25) is 0 Å². The van der Waals surface area contributed by atoms with Gasteiger partial charge in [0.1, 0.15) is 5.76 Å². The van der Waals surface area contributed by atoms with Gasteiger partial charge in [-0.15, -0.1) is 0 Å². The van der Waals surface area contributed by atoms with Crippen LogP contribution in [-0.2, 0) is 0 Å². The van der Waals surface area contributed by atoms with Gasteiger partial charge < -0.3 is 10.2 Å². The SMILES string of the molecule is NC(=O)c1ccc(C=S)o1. The van der Waals surface area contributed by atoms with Crippen molar-refractivity contribution in [2.75, 3.05) is 0 Å². The quantitative estimate of drug-likeness (QED) is 0.640. The van der Waals surface area contributed by atoms with Crippen LogP contribution in [0.25, 0.3) is 0 Å². The summed E-state index contributed by atoms with van der Waals surface area (Å²) in [4.78, 5) is 10.4. The summed E-state index contributed by atoms with van der Waals surface area (Å²) >= 11 is 4.55. The van der Waals surface area contributed by atoms with Crippen LogP contribution in [0.4, 0.5) is 0 Å². The summed E-state index contributed by atoms with van der Waals surface area (Å²) in [7, 11) is 0. The molecule has 0 spiro atoms. The zero-order valence-electron chi connectivity index (χ0n) is 5.03. The Balaban J connectivity index is 2.98. The Morgan fingerprint density at radius 1 is 1.70 bits per heavy atom. The highest BCUT2D eigenvalue weighted by molar-refractivity contribution is 7.79.